The predicted molar refractivity (Wildman–Crippen MR) is 49.3 cm³/mol. The Morgan fingerprint density at radius 1 is 1.54 bits per heavy atom. The van der Waals surface area contributed by atoms with Crippen LogP contribution in [-0.2, 0) is 0 Å². The van der Waals surface area contributed by atoms with Gasteiger partial charge in [0, 0.05) is 11.6 Å². The Bertz CT molecular complexity index is 364. The van der Waals surface area contributed by atoms with Crippen molar-refractivity contribution in [2.75, 3.05) is 7.11 Å². The van der Waals surface area contributed by atoms with Crippen molar-refractivity contribution in [2.45, 2.75) is 0 Å². The molecule has 66 valence electrons. The van der Waals surface area contributed by atoms with E-state index in [-0.39, 0.29) is 5.75 Å². The van der Waals surface area contributed by atoms with Gasteiger partial charge in [-0.2, -0.15) is 5.26 Å². The molecule has 0 amide bonds. The lowest BCUT2D eigenvalue weighted by Crippen LogP contribution is -1.86. The number of hydrogen-bond donors (Lipinski definition) is 1. The summed E-state index contributed by atoms with van der Waals surface area (Å²) in [5.74, 6) is 0.455. The van der Waals surface area contributed by atoms with Crippen LogP contribution in [0.25, 0.3) is 6.08 Å². The van der Waals surface area contributed by atoms with Crippen LogP contribution in [0.5, 0.6) is 11.5 Å². The molecule has 0 aliphatic carbocycles. The molecule has 0 aromatic heterocycles. The fourth-order valence-corrected chi connectivity index (χ4v) is 1.02. The van der Waals surface area contributed by atoms with Crippen LogP contribution in [-0.4, -0.2) is 12.2 Å². The van der Waals surface area contributed by atoms with Gasteiger partial charge in [0.2, 0.25) is 0 Å². The highest BCUT2D eigenvalue weighted by Gasteiger charge is 2.03. The number of aromatic hydroxyl groups is 1. The molecule has 0 aliphatic heterocycles. The molecule has 0 saturated carbocycles. The highest BCUT2D eigenvalue weighted by atomic mass is 16.5. The Labute approximate surface area is 76.5 Å². The first-order valence-corrected chi connectivity index (χ1v) is 3.71. The number of nitriles is 1. The van der Waals surface area contributed by atoms with E-state index in [1.807, 2.05) is 6.07 Å². The van der Waals surface area contributed by atoms with E-state index in [9.17, 15) is 5.11 Å². The van der Waals surface area contributed by atoms with Gasteiger partial charge >= 0.3 is 0 Å². The van der Waals surface area contributed by atoms with Crippen molar-refractivity contribution in [3.63, 3.8) is 0 Å². The average molecular weight is 175 g/mol. The summed E-state index contributed by atoms with van der Waals surface area (Å²) in [6, 6.07) is 6.85. The van der Waals surface area contributed by atoms with Crippen molar-refractivity contribution in [3.8, 4) is 17.6 Å². The zero-order chi connectivity index (χ0) is 9.68. The molecule has 1 rings (SSSR count). The number of rotatable bonds is 2. The lowest BCUT2D eigenvalue weighted by Gasteiger charge is -2.05. The van der Waals surface area contributed by atoms with E-state index in [0.29, 0.717) is 11.3 Å². The molecule has 0 fully saturated rings. The maximum atomic E-state index is 9.35. The number of nitrogens with zero attached hydrogens (tertiary/aromatic N) is 1. The van der Waals surface area contributed by atoms with Gasteiger partial charge in [-0.05, 0) is 12.1 Å². The number of para-hydroxylation sites is 1. The van der Waals surface area contributed by atoms with Crippen LogP contribution in [0.1, 0.15) is 5.56 Å². The summed E-state index contributed by atoms with van der Waals surface area (Å²) < 4.78 is 4.96. The van der Waals surface area contributed by atoms with Gasteiger partial charge in [0.05, 0.1) is 13.2 Å². The van der Waals surface area contributed by atoms with Crippen LogP contribution >= 0.6 is 0 Å². The van der Waals surface area contributed by atoms with Crippen molar-refractivity contribution in [2.24, 2.45) is 0 Å². The quantitative estimate of drug-likeness (QED) is 0.699. The van der Waals surface area contributed by atoms with Crippen LogP contribution < -0.4 is 4.74 Å². The number of benzene rings is 1. The van der Waals surface area contributed by atoms with E-state index < -0.39 is 0 Å². The molecule has 0 spiro atoms. The van der Waals surface area contributed by atoms with E-state index >= 15 is 0 Å². The Morgan fingerprint density at radius 3 is 2.92 bits per heavy atom. The molecule has 13 heavy (non-hydrogen) atoms. The van der Waals surface area contributed by atoms with Crippen molar-refractivity contribution in [1.82, 2.24) is 0 Å². The minimum absolute atomic E-state index is 0.0718. The summed E-state index contributed by atoms with van der Waals surface area (Å²) in [6.07, 6.45) is 2.91. The van der Waals surface area contributed by atoms with Crippen LogP contribution in [0.4, 0.5) is 0 Å². The molecule has 0 radical (unpaired) electrons. The first-order chi connectivity index (χ1) is 6.29. The monoisotopic (exact) mass is 175 g/mol. The number of ether oxygens (including phenoxy) is 1. The minimum atomic E-state index is 0.0718. The smallest absolute Gasteiger partial charge is 0.167 e. The van der Waals surface area contributed by atoms with Gasteiger partial charge in [-0.1, -0.05) is 12.1 Å². The predicted octanol–water partition coefficient (Wildman–Crippen LogP) is 1.94. The first-order valence-electron chi connectivity index (χ1n) is 3.71. The SMILES string of the molecule is COc1c(O)cccc1/C=C/C#N. The molecular weight excluding hydrogens is 166 g/mol. The van der Waals surface area contributed by atoms with E-state index in [1.165, 1.54) is 19.3 Å². The van der Waals surface area contributed by atoms with Gasteiger partial charge in [0.15, 0.2) is 11.5 Å². The Balaban J connectivity index is 3.14. The van der Waals surface area contributed by atoms with Crippen molar-refractivity contribution in [3.05, 3.63) is 29.8 Å². The first kappa shape index (κ1) is 9.14. The van der Waals surface area contributed by atoms with Crippen LogP contribution in [0.15, 0.2) is 24.3 Å². The van der Waals surface area contributed by atoms with Gasteiger partial charge in [0.25, 0.3) is 0 Å². The molecule has 0 aliphatic rings. The summed E-state index contributed by atoms with van der Waals surface area (Å²) in [6.45, 7) is 0. The third-order valence-electron chi connectivity index (χ3n) is 1.57. The second-order valence-electron chi connectivity index (χ2n) is 2.36. The minimum Gasteiger partial charge on any atom is -0.504 e. The van der Waals surface area contributed by atoms with Gasteiger partial charge in [-0.25, -0.2) is 0 Å². The van der Waals surface area contributed by atoms with Gasteiger partial charge < -0.3 is 9.84 Å². The lowest BCUT2D eigenvalue weighted by molar-refractivity contribution is 0.372. The number of methoxy groups -OCH3 is 1. The maximum Gasteiger partial charge on any atom is 0.167 e. The number of allylic oxidation sites excluding steroid dienone is 1. The Hall–Kier alpha value is -1.95. The van der Waals surface area contributed by atoms with Crippen LogP contribution in [0.3, 0.4) is 0 Å². The molecule has 1 aromatic carbocycles. The summed E-state index contributed by atoms with van der Waals surface area (Å²) in [4.78, 5) is 0. The zero-order valence-electron chi connectivity index (χ0n) is 7.19. The fraction of sp³-hybridized carbons (Fsp3) is 0.100. The van der Waals surface area contributed by atoms with Gasteiger partial charge in [0.1, 0.15) is 0 Å². The molecule has 1 N–H and O–H groups in total. The fourth-order valence-electron chi connectivity index (χ4n) is 1.02. The van der Waals surface area contributed by atoms with Crippen LogP contribution in [0.2, 0.25) is 0 Å². The van der Waals surface area contributed by atoms with E-state index in [1.54, 1.807) is 18.2 Å². The molecule has 3 nitrogen and oxygen atoms in total. The number of phenolic OH excluding ortho intramolecular Hbond substituents is 1. The molecule has 0 bridgehead atoms. The Morgan fingerprint density at radius 2 is 2.31 bits per heavy atom. The highest BCUT2D eigenvalue weighted by molar-refractivity contribution is 5.63. The van der Waals surface area contributed by atoms with Gasteiger partial charge in [-0.15, -0.1) is 0 Å². The topological polar surface area (TPSA) is 53.2 Å². The molecular formula is C10H9NO2. The second kappa shape index (κ2) is 4.17. The molecule has 1 aromatic rings. The molecule has 0 heterocycles. The molecule has 3 heteroatoms. The summed E-state index contributed by atoms with van der Waals surface area (Å²) >= 11 is 0. The second-order valence-corrected chi connectivity index (χ2v) is 2.36. The standard InChI is InChI=1S/C10H9NO2/c1-13-10-8(5-3-7-11)4-2-6-9(10)12/h2-6,12H,1H3/b5-3+. The normalized spacial score (nSPS) is 9.85. The molecule has 0 atom stereocenters. The van der Waals surface area contributed by atoms with Crippen LogP contribution in [0, 0.1) is 11.3 Å². The maximum absolute atomic E-state index is 9.35. The van der Waals surface area contributed by atoms with Crippen molar-refractivity contribution in [1.29, 1.82) is 5.26 Å². The highest BCUT2D eigenvalue weighted by Crippen LogP contribution is 2.30. The van der Waals surface area contributed by atoms with E-state index in [2.05, 4.69) is 0 Å². The third kappa shape index (κ3) is 2.00. The molecule has 0 saturated heterocycles. The van der Waals surface area contributed by atoms with Crippen molar-refractivity contribution < 1.29 is 9.84 Å². The summed E-state index contributed by atoms with van der Waals surface area (Å²) in [5, 5.41) is 17.7. The van der Waals surface area contributed by atoms with E-state index in [0.717, 1.165) is 0 Å². The lowest BCUT2D eigenvalue weighted by atomic mass is 10.2. The average Bonchev–Trinajstić information content (AvgIpc) is 2.15. The third-order valence-corrected chi connectivity index (χ3v) is 1.57. The summed E-state index contributed by atoms with van der Waals surface area (Å²) in [5.41, 5.74) is 0.684. The van der Waals surface area contributed by atoms with E-state index in [4.69, 9.17) is 10.00 Å². The van der Waals surface area contributed by atoms with Gasteiger partial charge in [-0.3, -0.25) is 0 Å². The molecule has 0 unspecified atom stereocenters. The summed E-state index contributed by atoms with van der Waals surface area (Å²) in [7, 11) is 1.47. The number of hydrogen-bond acceptors (Lipinski definition) is 3. The Kier molecular flexibility index (Phi) is 2.93. The zero-order valence-corrected chi connectivity index (χ0v) is 7.19. The number of phenols is 1. The largest absolute Gasteiger partial charge is 0.504 e. The van der Waals surface area contributed by atoms with Crippen molar-refractivity contribution >= 4 is 6.08 Å².